The van der Waals surface area contributed by atoms with Crippen molar-refractivity contribution >= 4 is 41.0 Å². The normalized spacial score (nSPS) is 17.0. The summed E-state index contributed by atoms with van der Waals surface area (Å²) in [5.74, 6) is -0.990. The third-order valence-electron chi connectivity index (χ3n) is 6.55. The van der Waals surface area contributed by atoms with E-state index < -0.39 is 11.9 Å². The van der Waals surface area contributed by atoms with Gasteiger partial charge < -0.3 is 25.2 Å². The number of imide groups is 1. The van der Waals surface area contributed by atoms with Gasteiger partial charge in [0.2, 0.25) is 11.8 Å². The molecule has 3 N–H and O–H groups in total. The van der Waals surface area contributed by atoms with Gasteiger partial charge in [0.25, 0.3) is 5.91 Å². The molecule has 1 unspecified atom stereocenters. The van der Waals surface area contributed by atoms with Gasteiger partial charge in [-0.05, 0) is 61.8 Å². The minimum absolute atomic E-state index is 0.209. The van der Waals surface area contributed by atoms with Crippen LogP contribution in [0.3, 0.4) is 0 Å². The Morgan fingerprint density at radius 1 is 1.16 bits per heavy atom. The van der Waals surface area contributed by atoms with Crippen molar-refractivity contribution in [3.05, 3.63) is 63.7 Å². The van der Waals surface area contributed by atoms with E-state index in [1.807, 2.05) is 26.2 Å². The molecule has 2 aromatic carbocycles. The summed E-state index contributed by atoms with van der Waals surface area (Å²) in [5.41, 5.74) is 3.65. The van der Waals surface area contributed by atoms with Gasteiger partial charge in [0.05, 0.1) is 13.2 Å². The van der Waals surface area contributed by atoms with Crippen molar-refractivity contribution < 1.29 is 23.9 Å². The van der Waals surface area contributed by atoms with Gasteiger partial charge >= 0.3 is 6.03 Å². The van der Waals surface area contributed by atoms with E-state index in [1.54, 1.807) is 24.3 Å². The van der Waals surface area contributed by atoms with Crippen LogP contribution in [0, 0.1) is 0 Å². The predicted octanol–water partition coefficient (Wildman–Crippen LogP) is 2.54. The second-order valence-electron chi connectivity index (χ2n) is 9.67. The van der Waals surface area contributed by atoms with E-state index in [9.17, 15) is 19.2 Å². The molecule has 0 bridgehead atoms. The SMILES string of the molecule is CN(C)CCOCCc1ccc(NC(=O)NCc2ccc3c(c2)CN(C2CCC(=O)NC2=O)C3=O)cc1Cl. The first-order chi connectivity index (χ1) is 18.2. The number of carbonyl (C=O) groups is 4. The van der Waals surface area contributed by atoms with E-state index in [2.05, 4.69) is 20.9 Å². The number of fused-ring (bicyclic) bond motifs is 1. The van der Waals surface area contributed by atoms with Crippen molar-refractivity contribution in [2.75, 3.05) is 39.2 Å². The van der Waals surface area contributed by atoms with E-state index in [1.165, 1.54) is 4.90 Å². The van der Waals surface area contributed by atoms with Gasteiger partial charge in [0.15, 0.2) is 0 Å². The first-order valence-corrected chi connectivity index (χ1v) is 12.9. The lowest BCUT2D eigenvalue weighted by Gasteiger charge is -2.29. The number of ether oxygens (including phenoxy) is 1. The number of urea groups is 1. The molecule has 0 saturated carbocycles. The van der Waals surface area contributed by atoms with Crippen LogP contribution in [0.2, 0.25) is 5.02 Å². The van der Waals surface area contributed by atoms with E-state index in [-0.39, 0.29) is 37.4 Å². The Kier molecular flexibility index (Phi) is 8.98. The topological polar surface area (TPSA) is 120 Å². The second kappa shape index (κ2) is 12.4. The number of anilines is 1. The van der Waals surface area contributed by atoms with Crippen molar-refractivity contribution in [3.63, 3.8) is 0 Å². The Bertz CT molecular complexity index is 1230. The lowest BCUT2D eigenvalue weighted by Crippen LogP contribution is -2.52. The summed E-state index contributed by atoms with van der Waals surface area (Å²) >= 11 is 6.39. The summed E-state index contributed by atoms with van der Waals surface area (Å²) in [4.78, 5) is 52.5. The molecule has 10 nitrogen and oxygen atoms in total. The molecule has 2 aliphatic rings. The summed E-state index contributed by atoms with van der Waals surface area (Å²) in [6.07, 6.45) is 1.20. The lowest BCUT2D eigenvalue weighted by atomic mass is 10.0. The average Bonchev–Trinajstić information content (AvgIpc) is 3.19. The van der Waals surface area contributed by atoms with Crippen LogP contribution < -0.4 is 16.0 Å². The van der Waals surface area contributed by atoms with Crippen LogP contribution in [0.5, 0.6) is 0 Å². The highest BCUT2D eigenvalue weighted by molar-refractivity contribution is 6.31. The second-order valence-corrected chi connectivity index (χ2v) is 10.1. The van der Waals surface area contributed by atoms with Gasteiger partial charge in [0.1, 0.15) is 6.04 Å². The zero-order chi connectivity index (χ0) is 27.2. The number of halogens is 1. The smallest absolute Gasteiger partial charge is 0.319 e. The van der Waals surface area contributed by atoms with Gasteiger partial charge in [-0.2, -0.15) is 0 Å². The number of nitrogens with zero attached hydrogens (tertiary/aromatic N) is 2. The average molecular weight is 542 g/mol. The van der Waals surface area contributed by atoms with Gasteiger partial charge in [-0.15, -0.1) is 0 Å². The highest BCUT2D eigenvalue weighted by Crippen LogP contribution is 2.28. The molecular weight excluding hydrogens is 510 g/mol. The molecule has 0 aliphatic carbocycles. The number of hydrogen-bond acceptors (Lipinski definition) is 6. The number of benzene rings is 2. The maximum Gasteiger partial charge on any atom is 0.319 e. The molecule has 0 aromatic heterocycles. The standard InChI is InChI=1S/C27H32ClN5O5/c1-32(2)10-12-38-11-9-18-4-5-20(14-22(18)28)30-27(37)29-15-17-3-6-21-19(13-17)16-33(26(21)36)23-7-8-24(34)31-25(23)35/h3-6,13-14,23H,7-12,15-16H2,1-2H3,(H2,29,30,37)(H,31,34,35). The Morgan fingerprint density at radius 3 is 2.71 bits per heavy atom. The molecular formula is C27H32ClN5O5. The Morgan fingerprint density at radius 2 is 1.97 bits per heavy atom. The van der Waals surface area contributed by atoms with E-state index in [4.69, 9.17) is 16.3 Å². The Labute approximate surface area is 226 Å². The molecule has 1 saturated heterocycles. The van der Waals surface area contributed by atoms with Crippen LogP contribution in [0.1, 0.15) is 39.9 Å². The van der Waals surface area contributed by atoms with Crippen LogP contribution in [0.15, 0.2) is 36.4 Å². The molecule has 2 aromatic rings. The minimum Gasteiger partial charge on any atom is -0.380 e. The first-order valence-electron chi connectivity index (χ1n) is 12.5. The zero-order valence-electron chi connectivity index (χ0n) is 21.5. The van der Waals surface area contributed by atoms with Crippen molar-refractivity contribution in [1.82, 2.24) is 20.4 Å². The predicted molar refractivity (Wildman–Crippen MR) is 143 cm³/mol. The number of nitrogens with one attached hydrogen (secondary N) is 3. The fraction of sp³-hybridized carbons (Fsp3) is 0.407. The summed E-state index contributed by atoms with van der Waals surface area (Å²) in [5, 5.41) is 8.45. The van der Waals surface area contributed by atoms with Crippen molar-refractivity contribution in [3.8, 4) is 0 Å². The first kappa shape index (κ1) is 27.6. The molecule has 0 radical (unpaired) electrons. The quantitative estimate of drug-likeness (QED) is 0.314. The number of amides is 5. The molecule has 2 heterocycles. The van der Waals surface area contributed by atoms with Gasteiger partial charge in [0, 0.05) is 42.3 Å². The fourth-order valence-corrected chi connectivity index (χ4v) is 4.73. The maximum absolute atomic E-state index is 12.8. The summed E-state index contributed by atoms with van der Waals surface area (Å²) in [6, 6.07) is 9.67. The highest BCUT2D eigenvalue weighted by atomic mass is 35.5. The summed E-state index contributed by atoms with van der Waals surface area (Å²) in [7, 11) is 3.99. The van der Waals surface area contributed by atoms with Gasteiger partial charge in [-0.3, -0.25) is 19.7 Å². The maximum atomic E-state index is 12.8. The molecule has 1 fully saturated rings. The molecule has 1 atom stereocenters. The van der Waals surface area contributed by atoms with Gasteiger partial charge in [-0.25, -0.2) is 4.79 Å². The lowest BCUT2D eigenvalue weighted by molar-refractivity contribution is -0.136. The van der Waals surface area contributed by atoms with E-state index >= 15 is 0 Å². The van der Waals surface area contributed by atoms with E-state index in [0.717, 1.165) is 23.2 Å². The molecule has 0 spiro atoms. The zero-order valence-corrected chi connectivity index (χ0v) is 22.3. The molecule has 11 heteroatoms. The number of rotatable bonds is 10. The van der Waals surface area contributed by atoms with Crippen LogP contribution in [0.4, 0.5) is 10.5 Å². The molecule has 4 rings (SSSR count). The number of piperidine rings is 1. The minimum atomic E-state index is -0.659. The third-order valence-corrected chi connectivity index (χ3v) is 6.90. The number of likely N-dealkylation sites (N-methyl/N-ethyl adjacent to an activating group) is 1. The van der Waals surface area contributed by atoms with Crippen molar-refractivity contribution in [2.24, 2.45) is 0 Å². The van der Waals surface area contributed by atoms with Crippen molar-refractivity contribution in [1.29, 1.82) is 0 Å². The van der Waals surface area contributed by atoms with Crippen LogP contribution in [0.25, 0.3) is 0 Å². The van der Waals surface area contributed by atoms with Crippen LogP contribution in [-0.4, -0.2) is 73.4 Å². The molecule has 38 heavy (non-hydrogen) atoms. The Hall–Kier alpha value is -3.47. The van der Waals surface area contributed by atoms with Gasteiger partial charge in [-0.1, -0.05) is 29.8 Å². The Balaban J connectivity index is 1.26. The summed E-state index contributed by atoms with van der Waals surface area (Å²) < 4.78 is 5.62. The molecule has 5 amide bonds. The van der Waals surface area contributed by atoms with Crippen LogP contribution in [-0.2, 0) is 33.8 Å². The molecule has 2 aliphatic heterocycles. The third kappa shape index (κ3) is 6.89. The fourth-order valence-electron chi connectivity index (χ4n) is 4.45. The monoisotopic (exact) mass is 541 g/mol. The largest absolute Gasteiger partial charge is 0.380 e. The van der Waals surface area contributed by atoms with E-state index in [0.29, 0.717) is 42.3 Å². The highest BCUT2D eigenvalue weighted by Gasteiger charge is 2.39. The number of carbonyl (C=O) groups excluding carboxylic acids is 4. The van der Waals surface area contributed by atoms with Crippen LogP contribution >= 0.6 is 11.6 Å². The molecule has 202 valence electrons. The van der Waals surface area contributed by atoms with Crippen molar-refractivity contribution in [2.45, 2.75) is 38.4 Å². The summed E-state index contributed by atoms with van der Waals surface area (Å²) in [6.45, 7) is 2.62. The number of hydrogen-bond donors (Lipinski definition) is 3.